The summed E-state index contributed by atoms with van der Waals surface area (Å²) >= 11 is 0. The molecule has 5 heteroatoms. The van der Waals surface area contributed by atoms with Crippen molar-refractivity contribution in [3.8, 4) is 0 Å². The van der Waals surface area contributed by atoms with Crippen LogP contribution in [-0.2, 0) is 6.54 Å². The molecule has 0 saturated carbocycles. The molecule has 0 spiro atoms. The molecule has 0 amide bonds. The Bertz CT molecular complexity index is 668. The third-order valence-corrected chi connectivity index (χ3v) is 3.47. The van der Waals surface area contributed by atoms with Crippen molar-refractivity contribution in [3.63, 3.8) is 0 Å². The van der Waals surface area contributed by atoms with Crippen molar-refractivity contribution in [1.29, 1.82) is 0 Å². The van der Waals surface area contributed by atoms with Gasteiger partial charge in [0.1, 0.15) is 12.7 Å². The summed E-state index contributed by atoms with van der Waals surface area (Å²) in [6.45, 7) is 3.53. The highest BCUT2D eigenvalue weighted by molar-refractivity contribution is 5.84. The second kappa shape index (κ2) is 4.85. The zero-order valence-corrected chi connectivity index (χ0v) is 10.9. The number of aromatic nitrogens is 4. The topological polar surface area (TPSA) is 72.5 Å². The van der Waals surface area contributed by atoms with Crippen LogP contribution in [-0.4, -0.2) is 26.3 Å². The number of H-pyrrole nitrogens is 1. The second-order valence-electron chi connectivity index (χ2n) is 4.85. The van der Waals surface area contributed by atoms with Gasteiger partial charge in [-0.05, 0) is 35.7 Å². The number of benzene rings is 1. The van der Waals surface area contributed by atoms with Gasteiger partial charge in [-0.25, -0.2) is 9.67 Å². The number of rotatable bonds is 4. The van der Waals surface area contributed by atoms with Crippen molar-refractivity contribution in [3.05, 3.63) is 48.2 Å². The fourth-order valence-electron chi connectivity index (χ4n) is 2.32. The lowest BCUT2D eigenvalue weighted by Crippen LogP contribution is -2.08. The normalized spacial score (nSPS) is 12.9. The molecule has 5 nitrogen and oxygen atoms in total. The van der Waals surface area contributed by atoms with Gasteiger partial charge < -0.3 is 10.7 Å². The first-order valence-corrected chi connectivity index (χ1v) is 6.40. The highest BCUT2D eigenvalue weighted by Crippen LogP contribution is 2.26. The van der Waals surface area contributed by atoms with Gasteiger partial charge in [0.05, 0.1) is 6.54 Å². The number of hydrogen-bond donors (Lipinski definition) is 2. The molecule has 3 aromatic rings. The fourth-order valence-corrected chi connectivity index (χ4v) is 2.32. The third kappa shape index (κ3) is 2.24. The van der Waals surface area contributed by atoms with E-state index in [1.807, 2.05) is 4.68 Å². The predicted molar refractivity (Wildman–Crippen MR) is 74.9 cm³/mol. The maximum atomic E-state index is 5.77. The van der Waals surface area contributed by atoms with Gasteiger partial charge in [0.25, 0.3) is 0 Å². The highest BCUT2D eigenvalue weighted by atomic mass is 15.3. The van der Waals surface area contributed by atoms with E-state index in [4.69, 9.17) is 5.73 Å². The minimum Gasteiger partial charge on any atom is -0.361 e. The molecule has 3 N–H and O–H groups in total. The fraction of sp³-hybridized carbons (Fsp3) is 0.286. The van der Waals surface area contributed by atoms with Gasteiger partial charge in [0, 0.05) is 17.1 Å². The van der Waals surface area contributed by atoms with Crippen LogP contribution in [0, 0.1) is 0 Å². The van der Waals surface area contributed by atoms with Gasteiger partial charge in [0.2, 0.25) is 0 Å². The van der Waals surface area contributed by atoms with Crippen LogP contribution in [0.15, 0.2) is 37.1 Å². The zero-order valence-electron chi connectivity index (χ0n) is 10.9. The van der Waals surface area contributed by atoms with Crippen LogP contribution >= 0.6 is 0 Å². The molecule has 1 atom stereocenters. The van der Waals surface area contributed by atoms with E-state index >= 15 is 0 Å². The lowest BCUT2D eigenvalue weighted by molar-refractivity contribution is 0.685. The van der Waals surface area contributed by atoms with Crippen molar-refractivity contribution in [1.82, 2.24) is 19.7 Å². The first-order valence-electron chi connectivity index (χ1n) is 6.40. The first kappa shape index (κ1) is 11.9. The number of aromatic amines is 1. The Morgan fingerprint density at radius 3 is 3.05 bits per heavy atom. The van der Waals surface area contributed by atoms with Crippen molar-refractivity contribution >= 4 is 10.9 Å². The molecule has 0 aliphatic rings. The molecule has 2 aromatic heterocycles. The molecule has 0 saturated heterocycles. The van der Waals surface area contributed by atoms with Crippen molar-refractivity contribution in [2.45, 2.75) is 19.4 Å². The van der Waals surface area contributed by atoms with Gasteiger partial charge in [-0.2, -0.15) is 5.10 Å². The number of fused-ring (bicyclic) bond motifs is 1. The van der Waals surface area contributed by atoms with Crippen LogP contribution in [0.2, 0.25) is 0 Å². The summed E-state index contributed by atoms with van der Waals surface area (Å²) in [7, 11) is 0. The van der Waals surface area contributed by atoms with E-state index in [1.165, 1.54) is 16.5 Å². The van der Waals surface area contributed by atoms with E-state index in [0.29, 0.717) is 12.5 Å². The maximum Gasteiger partial charge on any atom is 0.137 e. The van der Waals surface area contributed by atoms with Crippen LogP contribution in [0.4, 0.5) is 0 Å². The summed E-state index contributed by atoms with van der Waals surface area (Å²) < 4.78 is 1.82. The Hall–Kier alpha value is -2.14. The van der Waals surface area contributed by atoms with Gasteiger partial charge in [-0.1, -0.05) is 13.0 Å². The minimum atomic E-state index is 0.357. The summed E-state index contributed by atoms with van der Waals surface area (Å²) in [4.78, 5) is 7.26. The van der Waals surface area contributed by atoms with Gasteiger partial charge in [-0.3, -0.25) is 0 Å². The van der Waals surface area contributed by atoms with Gasteiger partial charge in [0.15, 0.2) is 0 Å². The van der Waals surface area contributed by atoms with E-state index in [2.05, 4.69) is 46.4 Å². The standard InChI is InChI=1S/C14H17N5/c1-10(5-15)13-6-17-14-3-2-11(4-12(13)14)7-19-9-16-8-18-19/h2-4,6,8-10,17H,5,7,15H2,1H3. The molecule has 1 aromatic carbocycles. The van der Waals surface area contributed by atoms with E-state index in [-0.39, 0.29) is 0 Å². The maximum absolute atomic E-state index is 5.77. The second-order valence-corrected chi connectivity index (χ2v) is 4.85. The quantitative estimate of drug-likeness (QED) is 0.747. The van der Waals surface area contributed by atoms with E-state index in [1.54, 1.807) is 12.7 Å². The lowest BCUT2D eigenvalue weighted by atomic mass is 9.99. The molecular weight excluding hydrogens is 238 g/mol. The van der Waals surface area contributed by atoms with Gasteiger partial charge >= 0.3 is 0 Å². The molecular formula is C14H17N5. The van der Waals surface area contributed by atoms with Crippen LogP contribution in [0.5, 0.6) is 0 Å². The molecule has 0 fully saturated rings. The molecule has 3 rings (SSSR count). The molecule has 1 unspecified atom stereocenters. The summed E-state index contributed by atoms with van der Waals surface area (Å²) in [5.74, 6) is 0.357. The van der Waals surface area contributed by atoms with Crippen molar-refractivity contribution < 1.29 is 0 Å². The Labute approximate surface area is 111 Å². The van der Waals surface area contributed by atoms with E-state index in [0.717, 1.165) is 12.1 Å². The number of nitrogens with two attached hydrogens (primary N) is 1. The third-order valence-electron chi connectivity index (χ3n) is 3.47. The van der Waals surface area contributed by atoms with Crippen LogP contribution in [0.25, 0.3) is 10.9 Å². The minimum absolute atomic E-state index is 0.357. The first-order chi connectivity index (χ1) is 9.28. The van der Waals surface area contributed by atoms with Crippen molar-refractivity contribution in [2.24, 2.45) is 5.73 Å². The molecule has 0 aliphatic carbocycles. The lowest BCUT2D eigenvalue weighted by Gasteiger charge is -2.08. The summed E-state index contributed by atoms with van der Waals surface area (Å²) in [5.41, 5.74) is 9.40. The molecule has 0 radical (unpaired) electrons. The monoisotopic (exact) mass is 255 g/mol. The predicted octanol–water partition coefficient (Wildman–Crippen LogP) is 1.87. The Kier molecular flexibility index (Phi) is 3.05. The Morgan fingerprint density at radius 1 is 1.42 bits per heavy atom. The SMILES string of the molecule is CC(CN)c1c[nH]c2ccc(Cn3cncn3)cc12. The average molecular weight is 255 g/mol. The van der Waals surface area contributed by atoms with Crippen LogP contribution < -0.4 is 5.73 Å². The summed E-state index contributed by atoms with van der Waals surface area (Å²) in [6, 6.07) is 6.42. The van der Waals surface area contributed by atoms with E-state index in [9.17, 15) is 0 Å². The van der Waals surface area contributed by atoms with E-state index < -0.39 is 0 Å². The Morgan fingerprint density at radius 2 is 2.32 bits per heavy atom. The molecule has 2 heterocycles. The largest absolute Gasteiger partial charge is 0.361 e. The molecule has 19 heavy (non-hydrogen) atoms. The summed E-state index contributed by atoms with van der Waals surface area (Å²) in [6.07, 6.45) is 5.34. The number of nitrogens with zero attached hydrogens (tertiary/aromatic N) is 3. The molecule has 98 valence electrons. The van der Waals surface area contributed by atoms with Crippen LogP contribution in [0.1, 0.15) is 24.0 Å². The number of nitrogens with one attached hydrogen (secondary N) is 1. The van der Waals surface area contributed by atoms with Crippen LogP contribution in [0.3, 0.4) is 0 Å². The average Bonchev–Trinajstić information content (AvgIpc) is 3.06. The highest BCUT2D eigenvalue weighted by Gasteiger charge is 2.10. The molecule has 0 bridgehead atoms. The molecule has 0 aliphatic heterocycles. The number of hydrogen-bond acceptors (Lipinski definition) is 3. The Balaban J connectivity index is 1.99. The summed E-state index contributed by atoms with van der Waals surface area (Å²) in [5, 5.41) is 5.38. The van der Waals surface area contributed by atoms with Gasteiger partial charge in [-0.15, -0.1) is 0 Å². The smallest absolute Gasteiger partial charge is 0.137 e. The zero-order chi connectivity index (χ0) is 13.2. The van der Waals surface area contributed by atoms with Crippen molar-refractivity contribution in [2.75, 3.05) is 6.54 Å².